The van der Waals surface area contributed by atoms with Gasteiger partial charge in [-0.1, -0.05) is 26.0 Å². The summed E-state index contributed by atoms with van der Waals surface area (Å²) >= 11 is 0. The Hall–Kier alpha value is -2.21. The van der Waals surface area contributed by atoms with E-state index in [4.69, 9.17) is 0 Å². The Morgan fingerprint density at radius 3 is 2.80 bits per heavy atom. The van der Waals surface area contributed by atoms with Gasteiger partial charge in [-0.3, -0.25) is 10.1 Å². The van der Waals surface area contributed by atoms with Crippen molar-refractivity contribution >= 4 is 5.69 Å². The van der Waals surface area contributed by atoms with E-state index in [1.807, 2.05) is 19.1 Å². The Bertz CT molecular complexity index is 619. The maximum atomic E-state index is 11.1. The van der Waals surface area contributed by atoms with E-state index in [2.05, 4.69) is 24.3 Å². The first-order valence-electron chi connectivity index (χ1n) is 6.51. The number of hydrogen-bond donors (Lipinski definition) is 1. The van der Waals surface area contributed by atoms with Gasteiger partial charge in [-0.25, -0.2) is 4.68 Å². The normalized spacial score (nSPS) is 11.0. The van der Waals surface area contributed by atoms with Crippen molar-refractivity contribution in [2.45, 2.75) is 33.4 Å². The van der Waals surface area contributed by atoms with Crippen molar-refractivity contribution < 1.29 is 4.92 Å². The van der Waals surface area contributed by atoms with E-state index in [9.17, 15) is 10.1 Å². The van der Waals surface area contributed by atoms with Gasteiger partial charge in [0.1, 0.15) is 5.69 Å². The zero-order valence-electron chi connectivity index (χ0n) is 11.8. The van der Waals surface area contributed by atoms with Crippen LogP contribution in [0.15, 0.2) is 30.5 Å². The molecule has 106 valence electrons. The van der Waals surface area contributed by atoms with Crippen LogP contribution in [0.1, 0.15) is 25.1 Å². The fourth-order valence-corrected chi connectivity index (χ4v) is 1.98. The molecule has 2 rings (SSSR count). The number of nitro groups is 1. The summed E-state index contributed by atoms with van der Waals surface area (Å²) < 4.78 is 1.57. The first kappa shape index (κ1) is 14.2. The summed E-state index contributed by atoms with van der Waals surface area (Å²) in [4.78, 5) is 10.7. The molecule has 0 unspecified atom stereocenters. The number of para-hydroxylation sites is 1. The minimum atomic E-state index is -0.379. The highest BCUT2D eigenvalue weighted by molar-refractivity contribution is 5.56. The van der Waals surface area contributed by atoms with Gasteiger partial charge in [0.15, 0.2) is 0 Å². The smallest absolute Gasteiger partial charge is 0.295 e. The number of benzene rings is 1. The molecule has 0 radical (unpaired) electrons. The summed E-state index contributed by atoms with van der Waals surface area (Å²) in [6, 6.07) is 7.26. The van der Waals surface area contributed by atoms with Gasteiger partial charge < -0.3 is 5.32 Å². The molecule has 1 heterocycles. The van der Waals surface area contributed by atoms with Crippen molar-refractivity contribution in [3.63, 3.8) is 0 Å². The lowest BCUT2D eigenvalue weighted by Gasteiger charge is -2.07. The maximum absolute atomic E-state index is 11.1. The first-order valence-corrected chi connectivity index (χ1v) is 6.51. The van der Waals surface area contributed by atoms with Crippen molar-refractivity contribution in [1.29, 1.82) is 0 Å². The summed E-state index contributed by atoms with van der Waals surface area (Å²) in [6.07, 6.45) is 1.76. The molecule has 0 atom stereocenters. The van der Waals surface area contributed by atoms with Crippen LogP contribution in [0.25, 0.3) is 5.69 Å². The fraction of sp³-hybridized carbons (Fsp3) is 0.357. The number of aryl methyl sites for hydroxylation is 1. The van der Waals surface area contributed by atoms with Gasteiger partial charge >= 0.3 is 0 Å². The van der Waals surface area contributed by atoms with Crippen molar-refractivity contribution in [3.05, 3.63) is 51.8 Å². The van der Waals surface area contributed by atoms with Crippen molar-refractivity contribution in [2.75, 3.05) is 0 Å². The Balaban J connectivity index is 2.35. The highest BCUT2D eigenvalue weighted by atomic mass is 16.6. The predicted octanol–water partition coefficient (Wildman–Crippen LogP) is 2.59. The second-order valence-corrected chi connectivity index (χ2v) is 4.99. The Kier molecular flexibility index (Phi) is 4.14. The van der Waals surface area contributed by atoms with Gasteiger partial charge in [0.05, 0.1) is 10.6 Å². The van der Waals surface area contributed by atoms with Crippen LogP contribution in [0.3, 0.4) is 0 Å². The molecule has 2 aromatic rings. The molecule has 20 heavy (non-hydrogen) atoms. The lowest BCUT2D eigenvalue weighted by Crippen LogP contribution is -2.22. The van der Waals surface area contributed by atoms with E-state index >= 15 is 0 Å². The van der Waals surface area contributed by atoms with Crippen LogP contribution >= 0.6 is 0 Å². The Labute approximate surface area is 117 Å². The highest BCUT2D eigenvalue weighted by Gasteiger charge is 2.18. The van der Waals surface area contributed by atoms with Gasteiger partial charge in [-0.05, 0) is 18.6 Å². The molecule has 0 fully saturated rings. The average molecular weight is 274 g/mol. The third kappa shape index (κ3) is 3.03. The third-order valence-electron chi connectivity index (χ3n) is 2.98. The van der Waals surface area contributed by atoms with E-state index in [0.717, 1.165) is 11.3 Å². The summed E-state index contributed by atoms with van der Waals surface area (Å²) in [6.45, 7) is 6.60. The zero-order chi connectivity index (χ0) is 14.7. The standard InChI is InChI=1S/C14H18N4O2/c1-10(2)15-9-12-7-8-17(16-12)14-11(3)5-4-6-13(14)18(19)20/h4-8,10,15H,9H2,1-3H3. The quantitative estimate of drug-likeness (QED) is 0.672. The summed E-state index contributed by atoms with van der Waals surface area (Å²) in [5.74, 6) is 0. The summed E-state index contributed by atoms with van der Waals surface area (Å²) in [5, 5.41) is 18.8. The summed E-state index contributed by atoms with van der Waals surface area (Å²) in [5.41, 5.74) is 2.27. The fourth-order valence-electron chi connectivity index (χ4n) is 1.98. The van der Waals surface area contributed by atoms with E-state index in [-0.39, 0.29) is 10.6 Å². The molecule has 1 N–H and O–H groups in total. The maximum Gasteiger partial charge on any atom is 0.295 e. The van der Waals surface area contributed by atoms with E-state index < -0.39 is 0 Å². The molecule has 1 aromatic heterocycles. The molecule has 0 saturated heterocycles. The molecule has 0 bridgehead atoms. The van der Waals surface area contributed by atoms with Gasteiger partial charge in [0.25, 0.3) is 5.69 Å². The van der Waals surface area contributed by atoms with Crippen molar-refractivity contribution in [1.82, 2.24) is 15.1 Å². The van der Waals surface area contributed by atoms with Crippen LogP contribution in [0.5, 0.6) is 0 Å². The predicted molar refractivity (Wildman–Crippen MR) is 76.9 cm³/mol. The van der Waals surface area contributed by atoms with Gasteiger partial charge in [-0.2, -0.15) is 5.10 Å². The van der Waals surface area contributed by atoms with Crippen LogP contribution in [-0.4, -0.2) is 20.7 Å². The monoisotopic (exact) mass is 274 g/mol. The molecule has 0 saturated carbocycles. The van der Waals surface area contributed by atoms with Crippen LogP contribution in [0.4, 0.5) is 5.69 Å². The first-order chi connectivity index (χ1) is 9.49. The third-order valence-corrected chi connectivity index (χ3v) is 2.98. The molecule has 0 aliphatic heterocycles. The number of rotatable bonds is 5. The SMILES string of the molecule is Cc1cccc([N+](=O)[O-])c1-n1ccc(CNC(C)C)n1. The van der Waals surface area contributed by atoms with Gasteiger partial charge in [0.2, 0.25) is 0 Å². The van der Waals surface area contributed by atoms with E-state index in [1.165, 1.54) is 6.07 Å². The van der Waals surface area contributed by atoms with E-state index in [1.54, 1.807) is 16.9 Å². The van der Waals surface area contributed by atoms with Crippen LogP contribution in [0, 0.1) is 17.0 Å². The van der Waals surface area contributed by atoms with Crippen molar-refractivity contribution in [2.24, 2.45) is 0 Å². The number of hydrogen-bond acceptors (Lipinski definition) is 4. The van der Waals surface area contributed by atoms with Gasteiger partial charge in [0, 0.05) is 24.8 Å². The average Bonchev–Trinajstić information content (AvgIpc) is 2.84. The molecular weight excluding hydrogens is 256 g/mol. The second-order valence-electron chi connectivity index (χ2n) is 4.99. The molecular formula is C14H18N4O2. The van der Waals surface area contributed by atoms with E-state index in [0.29, 0.717) is 18.3 Å². The minimum absolute atomic E-state index is 0.0662. The molecule has 6 nitrogen and oxygen atoms in total. The topological polar surface area (TPSA) is 73.0 Å². The number of nitro benzene ring substituents is 1. The molecule has 0 amide bonds. The lowest BCUT2D eigenvalue weighted by molar-refractivity contribution is -0.384. The minimum Gasteiger partial charge on any atom is -0.309 e. The lowest BCUT2D eigenvalue weighted by atomic mass is 10.1. The van der Waals surface area contributed by atoms with Crippen LogP contribution in [0.2, 0.25) is 0 Å². The molecule has 0 spiro atoms. The summed E-state index contributed by atoms with van der Waals surface area (Å²) in [7, 11) is 0. The number of nitrogens with zero attached hydrogens (tertiary/aromatic N) is 3. The number of nitrogens with one attached hydrogen (secondary N) is 1. The van der Waals surface area contributed by atoms with Crippen LogP contribution < -0.4 is 5.32 Å². The second kappa shape index (κ2) is 5.83. The molecule has 0 aliphatic carbocycles. The van der Waals surface area contributed by atoms with Gasteiger partial charge in [-0.15, -0.1) is 0 Å². The highest BCUT2D eigenvalue weighted by Crippen LogP contribution is 2.25. The number of aromatic nitrogens is 2. The molecule has 0 aliphatic rings. The molecule has 1 aromatic carbocycles. The molecule has 6 heteroatoms. The largest absolute Gasteiger partial charge is 0.309 e. The van der Waals surface area contributed by atoms with Crippen molar-refractivity contribution in [3.8, 4) is 5.69 Å². The zero-order valence-corrected chi connectivity index (χ0v) is 11.8. The Morgan fingerprint density at radius 1 is 1.40 bits per heavy atom. The Morgan fingerprint density at radius 2 is 2.15 bits per heavy atom. The van der Waals surface area contributed by atoms with Crippen LogP contribution in [-0.2, 0) is 6.54 Å².